The first-order chi connectivity index (χ1) is 11.4. The van der Waals surface area contributed by atoms with Gasteiger partial charge in [0.05, 0.1) is 16.1 Å². The Morgan fingerprint density at radius 3 is 2.54 bits per heavy atom. The van der Waals surface area contributed by atoms with E-state index in [1.54, 1.807) is 24.1 Å². The Morgan fingerprint density at radius 2 is 1.88 bits per heavy atom. The fourth-order valence-corrected chi connectivity index (χ4v) is 3.93. The summed E-state index contributed by atoms with van der Waals surface area (Å²) in [7, 11) is 1.77. The number of rotatable bonds is 4. The average Bonchev–Trinajstić information content (AvgIpc) is 2.82. The maximum atomic E-state index is 12.6. The molecule has 2 aromatic carbocycles. The van der Waals surface area contributed by atoms with Crippen LogP contribution in [0.15, 0.2) is 42.5 Å². The summed E-state index contributed by atoms with van der Waals surface area (Å²) in [5, 5.41) is 0.900. The molecule has 0 radical (unpaired) electrons. The predicted octanol–water partition coefficient (Wildman–Crippen LogP) is 4.67. The molecule has 124 valence electrons. The van der Waals surface area contributed by atoms with Crippen molar-refractivity contribution >= 4 is 35.4 Å². The summed E-state index contributed by atoms with van der Waals surface area (Å²) < 4.78 is 0. The van der Waals surface area contributed by atoms with Crippen molar-refractivity contribution in [3.05, 3.63) is 69.2 Å². The largest absolute Gasteiger partial charge is 0.334 e. The second-order valence-corrected chi connectivity index (χ2v) is 7.14. The van der Waals surface area contributed by atoms with Crippen LogP contribution in [0.25, 0.3) is 0 Å². The SMILES string of the molecule is CN1C(=O)c2ccccc2C1C(C)(CC=O)c1ccc(Cl)c(Cl)c1. The van der Waals surface area contributed by atoms with Gasteiger partial charge in [-0.3, -0.25) is 4.79 Å². The molecule has 0 spiro atoms. The zero-order chi connectivity index (χ0) is 17.5. The van der Waals surface area contributed by atoms with Gasteiger partial charge >= 0.3 is 0 Å². The van der Waals surface area contributed by atoms with E-state index in [-0.39, 0.29) is 18.4 Å². The van der Waals surface area contributed by atoms with Crippen molar-refractivity contribution in [1.29, 1.82) is 0 Å². The number of halogens is 2. The number of nitrogens with zero attached hydrogens (tertiary/aromatic N) is 1. The summed E-state index contributed by atoms with van der Waals surface area (Å²) in [6, 6.07) is 12.7. The van der Waals surface area contributed by atoms with E-state index in [0.29, 0.717) is 15.6 Å². The first kappa shape index (κ1) is 17.0. The highest BCUT2D eigenvalue weighted by Gasteiger charge is 2.46. The van der Waals surface area contributed by atoms with Crippen LogP contribution in [-0.4, -0.2) is 24.1 Å². The van der Waals surface area contributed by atoms with Gasteiger partial charge in [-0.15, -0.1) is 0 Å². The van der Waals surface area contributed by atoms with Gasteiger partial charge in [-0.25, -0.2) is 0 Å². The van der Waals surface area contributed by atoms with E-state index in [0.717, 1.165) is 17.4 Å². The van der Waals surface area contributed by atoms with Gasteiger partial charge in [0.1, 0.15) is 6.29 Å². The van der Waals surface area contributed by atoms with Crippen molar-refractivity contribution in [3.63, 3.8) is 0 Å². The number of amides is 1. The van der Waals surface area contributed by atoms with Crippen molar-refractivity contribution in [2.24, 2.45) is 0 Å². The van der Waals surface area contributed by atoms with Gasteiger partial charge < -0.3 is 9.69 Å². The van der Waals surface area contributed by atoms with Crippen molar-refractivity contribution in [2.45, 2.75) is 24.8 Å². The Labute approximate surface area is 151 Å². The number of carbonyl (C=O) groups is 2. The third-order valence-electron chi connectivity index (χ3n) is 4.88. The molecule has 2 unspecified atom stereocenters. The van der Waals surface area contributed by atoms with E-state index in [1.165, 1.54) is 0 Å². The highest BCUT2D eigenvalue weighted by molar-refractivity contribution is 6.42. The van der Waals surface area contributed by atoms with E-state index in [1.807, 2.05) is 37.3 Å². The fourth-order valence-electron chi connectivity index (χ4n) is 3.63. The average molecular weight is 362 g/mol. The van der Waals surface area contributed by atoms with Crippen LogP contribution in [0.5, 0.6) is 0 Å². The monoisotopic (exact) mass is 361 g/mol. The zero-order valence-corrected chi connectivity index (χ0v) is 14.9. The van der Waals surface area contributed by atoms with Crippen LogP contribution in [0.2, 0.25) is 10.0 Å². The lowest BCUT2D eigenvalue weighted by molar-refractivity contribution is -0.109. The predicted molar refractivity (Wildman–Crippen MR) is 95.8 cm³/mol. The minimum Gasteiger partial charge on any atom is -0.334 e. The maximum Gasteiger partial charge on any atom is 0.254 e. The number of hydrogen-bond acceptors (Lipinski definition) is 2. The summed E-state index contributed by atoms with van der Waals surface area (Å²) >= 11 is 12.2. The molecule has 1 heterocycles. The smallest absolute Gasteiger partial charge is 0.254 e. The molecule has 2 aromatic rings. The van der Waals surface area contributed by atoms with Gasteiger partial charge in [0.25, 0.3) is 5.91 Å². The molecule has 0 bridgehead atoms. The molecule has 2 atom stereocenters. The third kappa shape index (κ3) is 2.52. The van der Waals surface area contributed by atoms with Gasteiger partial charge in [-0.05, 0) is 29.3 Å². The van der Waals surface area contributed by atoms with Crippen LogP contribution in [0.1, 0.15) is 40.9 Å². The summed E-state index contributed by atoms with van der Waals surface area (Å²) in [6.45, 7) is 1.98. The van der Waals surface area contributed by atoms with E-state index in [4.69, 9.17) is 23.2 Å². The van der Waals surface area contributed by atoms with E-state index in [2.05, 4.69) is 0 Å². The molecule has 0 N–H and O–H groups in total. The molecule has 1 aliphatic rings. The normalized spacial score (nSPS) is 19.1. The van der Waals surface area contributed by atoms with Crippen molar-refractivity contribution in [3.8, 4) is 0 Å². The maximum absolute atomic E-state index is 12.6. The Balaban J connectivity index is 2.19. The quantitative estimate of drug-likeness (QED) is 0.742. The first-order valence-corrected chi connectivity index (χ1v) is 8.41. The van der Waals surface area contributed by atoms with Crippen molar-refractivity contribution in [1.82, 2.24) is 4.90 Å². The van der Waals surface area contributed by atoms with E-state index in [9.17, 15) is 9.59 Å². The number of carbonyl (C=O) groups excluding carboxylic acids is 2. The molecule has 1 aliphatic heterocycles. The van der Waals surface area contributed by atoms with E-state index >= 15 is 0 Å². The summed E-state index contributed by atoms with van der Waals surface area (Å²) in [4.78, 5) is 25.7. The lowest BCUT2D eigenvalue weighted by Crippen LogP contribution is -2.39. The summed E-state index contributed by atoms with van der Waals surface area (Å²) in [5.74, 6) is -0.0345. The highest BCUT2D eigenvalue weighted by Crippen LogP contribution is 2.48. The molecular weight excluding hydrogens is 345 g/mol. The Hall–Kier alpha value is -1.84. The van der Waals surface area contributed by atoms with Crippen molar-refractivity contribution < 1.29 is 9.59 Å². The minimum atomic E-state index is -0.604. The van der Waals surface area contributed by atoms with Gasteiger partial charge in [0.15, 0.2) is 0 Å². The van der Waals surface area contributed by atoms with Crippen LogP contribution >= 0.6 is 23.2 Å². The highest BCUT2D eigenvalue weighted by atomic mass is 35.5. The van der Waals surface area contributed by atoms with Gasteiger partial charge in [0.2, 0.25) is 0 Å². The van der Waals surface area contributed by atoms with Gasteiger partial charge in [0, 0.05) is 24.4 Å². The standard InChI is InChI=1S/C19H17Cl2NO2/c1-19(9-10-23,12-7-8-15(20)16(21)11-12)17-13-5-3-4-6-14(13)18(24)22(17)2/h3-8,10-11,17H,9H2,1-2H3. The summed E-state index contributed by atoms with van der Waals surface area (Å²) in [5.41, 5.74) is 1.89. The van der Waals surface area contributed by atoms with Gasteiger partial charge in [-0.1, -0.05) is 54.4 Å². The molecule has 1 amide bonds. The molecule has 5 heteroatoms. The zero-order valence-electron chi connectivity index (χ0n) is 13.4. The second kappa shape index (κ2) is 6.23. The molecule has 3 nitrogen and oxygen atoms in total. The third-order valence-corrected chi connectivity index (χ3v) is 5.62. The van der Waals surface area contributed by atoms with Crippen LogP contribution < -0.4 is 0 Å². The fraction of sp³-hybridized carbons (Fsp3) is 0.263. The molecular formula is C19H17Cl2NO2. The number of fused-ring (bicyclic) bond motifs is 1. The second-order valence-electron chi connectivity index (χ2n) is 6.32. The van der Waals surface area contributed by atoms with Gasteiger partial charge in [-0.2, -0.15) is 0 Å². The number of hydrogen-bond donors (Lipinski definition) is 0. The van der Waals surface area contributed by atoms with Crippen LogP contribution in [0, 0.1) is 0 Å². The van der Waals surface area contributed by atoms with E-state index < -0.39 is 5.41 Å². The number of aldehydes is 1. The molecule has 0 saturated heterocycles. The van der Waals surface area contributed by atoms with Crippen LogP contribution in [-0.2, 0) is 10.2 Å². The van der Waals surface area contributed by atoms with Crippen molar-refractivity contribution in [2.75, 3.05) is 7.05 Å². The first-order valence-electron chi connectivity index (χ1n) is 7.65. The molecule has 0 fully saturated rings. The molecule has 24 heavy (non-hydrogen) atoms. The van der Waals surface area contributed by atoms with Crippen LogP contribution in [0.3, 0.4) is 0 Å². The number of likely N-dealkylation sites (N-methyl/N-ethyl adjacent to an activating group) is 1. The molecule has 0 aliphatic carbocycles. The minimum absolute atomic E-state index is 0.0345. The Bertz CT molecular complexity index is 821. The van der Waals surface area contributed by atoms with Crippen LogP contribution in [0.4, 0.5) is 0 Å². The summed E-state index contributed by atoms with van der Waals surface area (Å²) in [6.07, 6.45) is 1.16. The lowest BCUT2D eigenvalue weighted by atomic mass is 9.71. The Kier molecular flexibility index (Phi) is 4.41. The lowest BCUT2D eigenvalue weighted by Gasteiger charge is -2.39. The topological polar surface area (TPSA) is 37.4 Å². The molecule has 0 aromatic heterocycles. The molecule has 3 rings (SSSR count). The Morgan fingerprint density at radius 1 is 1.17 bits per heavy atom. The number of benzene rings is 2. The molecule has 0 saturated carbocycles.